The fraction of sp³-hybridized carbons (Fsp3) is 0.412. The molecule has 1 aromatic heterocycles. The van der Waals surface area contributed by atoms with Crippen molar-refractivity contribution in [3.8, 4) is 0 Å². The van der Waals surface area contributed by atoms with Crippen molar-refractivity contribution in [2.45, 2.75) is 26.3 Å². The van der Waals surface area contributed by atoms with E-state index in [1.54, 1.807) is 10.9 Å². The first kappa shape index (κ1) is 16.1. The van der Waals surface area contributed by atoms with Crippen LogP contribution in [-0.4, -0.2) is 29.8 Å². The van der Waals surface area contributed by atoms with Gasteiger partial charge in [-0.1, -0.05) is 12.1 Å². The molecule has 0 fully saturated rings. The molecular weight excluding hydrogens is 276 g/mol. The lowest BCUT2D eigenvalue weighted by Crippen LogP contribution is -2.23. The van der Waals surface area contributed by atoms with Crippen LogP contribution in [0.3, 0.4) is 0 Å². The fourth-order valence-electron chi connectivity index (χ4n) is 2.48. The number of nitrogens with zero attached hydrogens (tertiary/aromatic N) is 3. The van der Waals surface area contributed by atoms with E-state index in [1.807, 2.05) is 27.3 Å². The SMILES string of the molecule is Cc1cc(CNC(=O)CCc2cnn(C)c2)ccc1N(C)C. The van der Waals surface area contributed by atoms with E-state index in [2.05, 4.69) is 40.4 Å². The molecule has 0 radical (unpaired) electrons. The van der Waals surface area contributed by atoms with Gasteiger partial charge in [0, 0.05) is 46.0 Å². The maximum atomic E-state index is 11.9. The number of amides is 1. The number of benzene rings is 1. The van der Waals surface area contributed by atoms with Gasteiger partial charge in [-0.25, -0.2) is 0 Å². The summed E-state index contributed by atoms with van der Waals surface area (Å²) in [6.45, 7) is 2.66. The molecule has 1 aromatic carbocycles. The predicted octanol–water partition coefficient (Wildman–Crippen LogP) is 2.04. The smallest absolute Gasteiger partial charge is 0.220 e. The normalized spacial score (nSPS) is 10.5. The van der Waals surface area contributed by atoms with Crippen LogP contribution in [-0.2, 0) is 24.8 Å². The first-order chi connectivity index (χ1) is 10.5. The quantitative estimate of drug-likeness (QED) is 0.888. The predicted molar refractivity (Wildman–Crippen MR) is 88.9 cm³/mol. The van der Waals surface area contributed by atoms with Crippen LogP contribution in [0.5, 0.6) is 0 Å². The first-order valence-electron chi connectivity index (χ1n) is 7.47. The average molecular weight is 300 g/mol. The van der Waals surface area contributed by atoms with Crippen LogP contribution in [0.4, 0.5) is 5.69 Å². The standard InChI is InChI=1S/C17H24N4O/c1-13-9-14(5-7-16(13)20(2)3)10-18-17(22)8-6-15-11-19-21(4)12-15/h5,7,9,11-12H,6,8,10H2,1-4H3,(H,18,22). The van der Waals surface area contributed by atoms with E-state index >= 15 is 0 Å². The molecule has 2 rings (SSSR count). The molecule has 5 nitrogen and oxygen atoms in total. The average Bonchev–Trinajstić information content (AvgIpc) is 2.88. The van der Waals surface area contributed by atoms with Gasteiger partial charge in [-0.2, -0.15) is 5.10 Å². The number of hydrogen-bond donors (Lipinski definition) is 1. The second-order valence-corrected chi connectivity index (χ2v) is 5.81. The largest absolute Gasteiger partial charge is 0.377 e. The number of aromatic nitrogens is 2. The van der Waals surface area contributed by atoms with E-state index in [4.69, 9.17) is 0 Å². The highest BCUT2D eigenvalue weighted by molar-refractivity contribution is 5.76. The van der Waals surface area contributed by atoms with Crippen molar-refractivity contribution in [1.82, 2.24) is 15.1 Å². The summed E-state index contributed by atoms with van der Waals surface area (Å²) >= 11 is 0. The summed E-state index contributed by atoms with van der Waals surface area (Å²) in [6, 6.07) is 6.27. The third-order valence-corrected chi connectivity index (χ3v) is 3.63. The Hall–Kier alpha value is -2.30. The monoisotopic (exact) mass is 300 g/mol. The Balaban J connectivity index is 1.82. The third-order valence-electron chi connectivity index (χ3n) is 3.63. The Morgan fingerprint density at radius 2 is 2.09 bits per heavy atom. The zero-order valence-electron chi connectivity index (χ0n) is 13.8. The van der Waals surface area contributed by atoms with Crippen LogP contribution in [0.15, 0.2) is 30.6 Å². The number of carbonyl (C=O) groups excluding carboxylic acids is 1. The van der Waals surface area contributed by atoms with Gasteiger partial charge in [0.25, 0.3) is 0 Å². The number of anilines is 1. The van der Waals surface area contributed by atoms with E-state index in [9.17, 15) is 4.79 Å². The van der Waals surface area contributed by atoms with Gasteiger partial charge in [-0.05, 0) is 36.1 Å². The summed E-state index contributed by atoms with van der Waals surface area (Å²) in [5, 5.41) is 7.07. The zero-order chi connectivity index (χ0) is 16.1. The van der Waals surface area contributed by atoms with Crippen molar-refractivity contribution >= 4 is 11.6 Å². The molecule has 0 aliphatic rings. The van der Waals surface area contributed by atoms with Crippen LogP contribution >= 0.6 is 0 Å². The second kappa shape index (κ2) is 7.11. The van der Waals surface area contributed by atoms with Gasteiger partial charge in [0.2, 0.25) is 5.91 Å². The molecule has 0 saturated heterocycles. The molecule has 1 N–H and O–H groups in total. The van der Waals surface area contributed by atoms with Crippen molar-refractivity contribution in [2.75, 3.05) is 19.0 Å². The molecular formula is C17H24N4O. The minimum atomic E-state index is 0.0678. The van der Waals surface area contributed by atoms with Crippen molar-refractivity contribution in [1.29, 1.82) is 0 Å². The summed E-state index contributed by atoms with van der Waals surface area (Å²) in [5.74, 6) is 0.0678. The van der Waals surface area contributed by atoms with E-state index in [1.165, 1.54) is 11.3 Å². The minimum absolute atomic E-state index is 0.0678. The van der Waals surface area contributed by atoms with Crippen molar-refractivity contribution in [2.24, 2.45) is 7.05 Å². The first-order valence-corrected chi connectivity index (χ1v) is 7.47. The number of nitrogens with one attached hydrogen (secondary N) is 1. The van der Waals surface area contributed by atoms with Crippen LogP contribution < -0.4 is 10.2 Å². The Morgan fingerprint density at radius 3 is 2.68 bits per heavy atom. The van der Waals surface area contributed by atoms with Gasteiger partial charge in [0.15, 0.2) is 0 Å². The lowest BCUT2D eigenvalue weighted by molar-refractivity contribution is -0.121. The molecule has 5 heteroatoms. The molecule has 0 saturated carbocycles. The lowest BCUT2D eigenvalue weighted by Gasteiger charge is -2.16. The zero-order valence-corrected chi connectivity index (χ0v) is 13.8. The summed E-state index contributed by atoms with van der Waals surface area (Å²) in [6.07, 6.45) is 4.95. The van der Waals surface area contributed by atoms with Crippen LogP contribution in [0, 0.1) is 6.92 Å². The fourth-order valence-corrected chi connectivity index (χ4v) is 2.48. The summed E-state index contributed by atoms with van der Waals surface area (Å²) < 4.78 is 1.75. The van der Waals surface area contributed by atoms with Crippen LogP contribution in [0.2, 0.25) is 0 Å². The highest BCUT2D eigenvalue weighted by atomic mass is 16.1. The van der Waals surface area contributed by atoms with E-state index in [-0.39, 0.29) is 5.91 Å². The molecule has 1 amide bonds. The topological polar surface area (TPSA) is 50.2 Å². The molecule has 0 atom stereocenters. The molecule has 1 heterocycles. The molecule has 0 aliphatic heterocycles. The van der Waals surface area contributed by atoms with E-state index in [0.717, 1.165) is 17.5 Å². The van der Waals surface area contributed by atoms with Gasteiger partial charge in [0.1, 0.15) is 0 Å². The lowest BCUT2D eigenvalue weighted by atomic mass is 10.1. The number of rotatable bonds is 6. The summed E-state index contributed by atoms with van der Waals surface area (Å²) in [5.41, 5.74) is 4.63. The van der Waals surface area contributed by atoms with E-state index < -0.39 is 0 Å². The maximum Gasteiger partial charge on any atom is 0.220 e. The molecule has 0 spiro atoms. The highest BCUT2D eigenvalue weighted by Gasteiger charge is 2.05. The Kier molecular flexibility index (Phi) is 5.20. The minimum Gasteiger partial charge on any atom is -0.377 e. The molecule has 0 unspecified atom stereocenters. The number of carbonyl (C=O) groups is 1. The van der Waals surface area contributed by atoms with Gasteiger partial charge in [0.05, 0.1) is 6.20 Å². The van der Waals surface area contributed by atoms with Gasteiger partial charge < -0.3 is 10.2 Å². The van der Waals surface area contributed by atoms with Crippen molar-refractivity contribution < 1.29 is 4.79 Å². The van der Waals surface area contributed by atoms with Gasteiger partial charge in [-0.3, -0.25) is 9.48 Å². The number of hydrogen-bond acceptors (Lipinski definition) is 3. The molecule has 2 aromatic rings. The van der Waals surface area contributed by atoms with Gasteiger partial charge in [-0.15, -0.1) is 0 Å². The maximum absolute atomic E-state index is 11.9. The Morgan fingerprint density at radius 1 is 1.32 bits per heavy atom. The molecule has 22 heavy (non-hydrogen) atoms. The second-order valence-electron chi connectivity index (χ2n) is 5.81. The van der Waals surface area contributed by atoms with Crippen molar-refractivity contribution in [3.63, 3.8) is 0 Å². The highest BCUT2D eigenvalue weighted by Crippen LogP contribution is 2.18. The van der Waals surface area contributed by atoms with Crippen LogP contribution in [0.25, 0.3) is 0 Å². The summed E-state index contributed by atoms with van der Waals surface area (Å²) in [4.78, 5) is 14.0. The third kappa shape index (κ3) is 4.35. The van der Waals surface area contributed by atoms with Gasteiger partial charge >= 0.3 is 0 Å². The Labute approximate surface area is 131 Å². The van der Waals surface area contributed by atoms with Crippen LogP contribution in [0.1, 0.15) is 23.1 Å². The van der Waals surface area contributed by atoms with Crippen molar-refractivity contribution in [3.05, 3.63) is 47.3 Å². The molecule has 118 valence electrons. The summed E-state index contributed by atoms with van der Waals surface area (Å²) in [7, 11) is 5.94. The molecule has 0 bridgehead atoms. The number of aryl methyl sites for hydroxylation is 3. The molecule has 0 aliphatic carbocycles. The van der Waals surface area contributed by atoms with E-state index in [0.29, 0.717) is 13.0 Å². The Bertz CT molecular complexity index is 646.